The summed E-state index contributed by atoms with van der Waals surface area (Å²) in [6.45, 7) is 0.479. The number of nitrogens with zero attached hydrogens (tertiary/aromatic N) is 1. The molecule has 0 heterocycles. The van der Waals surface area contributed by atoms with Crippen LogP contribution in [0.2, 0.25) is 0 Å². The number of rotatable bonds is 9. The fourth-order valence-corrected chi connectivity index (χ4v) is 4.87. The van der Waals surface area contributed by atoms with Crippen LogP contribution in [0.4, 0.5) is 0 Å². The summed E-state index contributed by atoms with van der Waals surface area (Å²) in [7, 11) is -4.09. The molecule has 0 N–H and O–H groups in total. The number of hydrogen-bond donors (Lipinski definition) is 0. The van der Waals surface area contributed by atoms with Crippen LogP contribution in [0, 0.1) is 0 Å². The van der Waals surface area contributed by atoms with Crippen LogP contribution in [0.5, 0.6) is 11.5 Å². The standard InChI is InChI=1S/C22H23NO6S2/c1-23(2)31(26,27)22-14-10-19(11-15-22)29-17-16-28-18-8-12-21(13-9-18)30(24,25)20-6-4-3-5-7-20/h3-15H,16-17H2,1-2H3. The molecule has 3 aromatic carbocycles. The largest absolute Gasteiger partial charge is 0.490 e. The van der Waals surface area contributed by atoms with Crippen molar-refractivity contribution in [3.05, 3.63) is 78.9 Å². The average Bonchev–Trinajstić information content (AvgIpc) is 2.78. The van der Waals surface area contributed by atoms with E-state index in [1.54, 1.807) is 54.6 Å². The van der Waals surface area contributed by atoms with Crippen molar-refractivity contribution in [3.63, 3.8) is 0 Å². The summed E-state index contributed by atoms with van der Waals surface area (Å²) in [6.07, 6.45) is 0. The molecule has 0 radical (unpaired) electrons. The van der Waals surface area contributed by atoms with E-state index in [0.717, 1.165) is 4.31 Å². The Bertz CT molecular complexity index is 1210. The molecule has 164 valence electrons. The Morgan fingerprint density at radius 3 is 1.48 bits per heavy atom. The summed E-state index contributed by atoms with van der Waals surface area (Å²) in [5, 5.41) is 0. The summed E-state index contributed by atoms with van der Waals surface area (Å²) < 4.78 is 61.6. The third-order valence-electron chi connectivity index (χ3n) is 4.41. The van der Waals surface area contributed by atoms with Gasteiger partial charge in [0.2, 0.25) is 19.9 Å². The lowest BCUT2D eigenvalue weighted by molar-refractivity contribution is 0.217. The molecule has 9 heteroatoms. The molecule has 0 saturated heterocycles. The first-order valence-corrected chi connectivity index (χ1v) is 12.3. The average molecular weight is 462 g/mol. The third kappa shape index (κ3) is 5.43. The minimum atomic E-state index is -3.56. The highest BCUT2D eigenvalue weighted by molar-refractivity contribution is 7.91. The van der Waals surface area contributed by atoms with Gasteiger partial charge in [-0.25, -0.2) is 21.1 Å². The molecule has 0 saturated carbocycles. The molecule has 3 rings (SSSR count). The lowest BCUT2D eigenvalue weighted by Crippen LogP contribution is -2.22. The highest BCUT2D eigenvalue weighted by atomic mass is 32.2. The molecule has 0 atom stereocenters. The normalized spacial score (nSPS) is 12.0. The van der Waals surface area contributed by atoms with Gasteiger partial charge in [-0.1, -0.05) is 18.2 Å². The topological polar surface area (TPSA) is 90.0 Å². The van der Waals surface area contributed by atoms with Gasteiger partial charge in [-0.05, 0) is 60.7 Å². The van der Waals surface area contributed by atoms with Crippen LogP contribution in [-0.4, -0.2) is 48.4 Å². The number of ether oxygens (including phenoxy) is 2. The van der Waals surface area contributed by atoms with Crippen molar-refractivity contribution in [3.8, 4) is 11.5 Å². The van der Waals surface area contributed by atoms with Crippen LogP contribution < -0.4 is 9.47 Å². The van der Waals surface area contributed by atoms with E-state index in [-0.39, 0.29) is 27.9 Å². The molecule has 0 aliphatic carbocycles. The minimum absolute atomic E-state index is 0.187. The van der Waals surface area contributed by atoms with Crippen LogP contribution in [0.25, 0.3) is 0 Å². The van der Waals surface area contributed by atoms with Gasteiger partial charge in [0.05, 0.1) is 14.7 Å². The Morgan fingerprint density at radius 1 is 0.613 bits per heavy atom. The van der Waals surface area contributed by atoms with Crippen LogP contribution in [0.1, 0.15) is 0 Å². The Balaban J connectivity index is 1.53. The van der Waals surface area contributed by atoms with E-state index < -0.39 is 19.9 Å². The summed E-state index contributed by atoms with van der Waals surface area (Å²) in [5.41, 5.74) is 0. The van der Waals surface area contributed by atoms with Gasteiger partial charge in [0.15, 0.2) is 0 Å². The quantitative estimate of drug-likeness (QED) is 0.455. The fourth-order valence-electron chi connectivity index (χ4n) is 2.69. The zero-order valence-corrected chi connectivity index (χ0v) is 18.8. The lowest BCUT2D eigenvalue weighted by atomic mass is 10.3. The van der Waals surface area contributed by atoms with Gasteiger partial charge in [0, 0.05) is 14.1 Å². The van der Waals surface area contributed by atoms with E-state index in [1.807, 2.05) is 0 Å². The first-order chi connectivity index (χ1) is 14.7. The predicted octanol–water partition coefficient (Wildman–Crippen LogP) is 3.23. The van der Waals surface area contributed by atoms with Crippen molar-refractivity contribution >= 4 is 19.9 Å². The van der Waals surface area contributed by atoms with Crippen molar-refractivity contribution in [2.24, 2.45) is 0 Å². The molecule has 0 fully saturated rings. The Hall–Kier alpha value is -2.88. The van der Waals surface area contributed by atoms with Crippen molar-refractivity contribution < 1.29 is 26.3 Å². The molecule has 0 amide bonds. The van der Waals surface area contributed by atoms with E-state index in [2.05, 4.69) is 0 Å². The molecule has 0 spiro atoms. The first-order valence-electron chi connectivity index (χ1n) is 9.40. The second kappa shape index (κ2) is 9.51. The summed E-state index contributed by atoms with van der Waals surface area (Å²) in [6, 6.07) is 20.6. The molecule has 0 bridgehead atoms. The van der Waals surface area contributed by atoms with Gasteiger partial charge in [0.25, 0.3) is 0 Å². The zero-order chi connectivity index (χ0) is 22.5. The van der Waals surface area contributed by atoms with Crippen molar-refractivity contribution in [2.45, 2.75) is 14.7 Å². The van der Waals surface area contributed by atoms with Gasteiger partial charge < -0.3 is 9.47 Å². The first kappa shape index (κ1) is 22.8. The van der Waals surface area contributed by atoms with Crippen LogP contribution in [-0.2, 0) is 19.9 Å². The lowest BCUT2D eigenvalue weighted by Gasteiger charge is -2.12. The van der Waals surface area contributed by atoms with E-state index >= 15 is 0 Å². The maximum Gasteiger partial charge on any atom is 0.242 e. The highest BCUT2D eigenvalue weighted by Gasteiger charge is 2.17. The van der Waals surface area contributed by atoms with Crippen molar-refractivity contribution in [1.82, 2.24) is 4.31 Å². The van der Waals surface area contributed by atoms with Gasteiger partial charge in [-0.2, -0.15) is 0 Å². The Labute approximate surface area is 182 Å². The van der Waals surface area contributed by atoms with Gasteiger partial charge in [-0.15, -0.1) is 0 Å². The van der Waals surface area contributed by atoms with Gasteiger partial charge in [0.1, 0.15) is 24.7 Å². The molecular formula is C22H23NO6S2. The van der Waals surface area contributed by atoms with Crippen LogP contribution in [0.3, 0.4) is 0 Å². The second-order valence-electron chi connectivity index (χ2n) is 6.74. The third-order valence-corrected chi connectivity index (χ3v) is 8.03. The van der Waals surface area contributed by atoms with Gasteiger partial charge in [-0.3, -0.25) is 0 Å². The smallest absolute Gasteiger partial charge is 0.242 e. The number of sulfone groups is 1. The van der Waals surface area contributed by atoms with Crippen LogP contribution >= 0.6 is 0 Å². The molecule has 0 aliphatic heterocycles. The Kier molecular flexibility index (Phi) is 6.99. The predicted molar refractivity (Wildman–Crippen MR) is 117 cm³/mol. The molecule has 0 aliphatic rings. The van der Waals surface area contributed by atoms with Gasteiger partial charge >= 0.3 is 0 Å². The monoisotopic (exact) mass is 461 g/mol. The maximum absolute atomic E-state index is 12.6. The van der Waals surface area contributed by atoms with Crippen LogP contribution in [0.15, 0.2) is 93.5 Å². The summed E-state index contributed by atoms with van der Waals surface area (Å²) >= 11 is 0. The zero-order valence-electron chi connectivity index (χ0n) is 17.1. The highest BCUT2D eigenvalue weighted by Crippen LogP contribution is 2.23. The van der Waals surface area contributed by atoms with Crippen molar-refractivity contribution in [1.29, 1.82) is 0 Å². The van der Waals surface area contributed by atoms with E-state index in [4.69, 9.17) is 9.47 Å². The van der Waals surface area contributed by atoms with E-state index in [9.17, 15) is 16.8 Å². The second-order valence-corrected chi connectivity index (χ2v) is 10.8. The molecule has 0 aromatic heterocycles. The molecular weight excluding hydrogens is 438 g/mol. The summed E-state index contributed by atoms with van der Waals surface area (Å²) in [4.78, 5) is 0.614. The van der Waals surface area contributed by atoms with E-state index in [1.165, 1.54) is 38.4 Å². The SMILES string of the molecule is CN(C)S(=O)(=O)c1ccc(OCCOc2ccc(S(=O)(=O)c3ccccc3)cc2)cc1. The molecule has 31 heavy (non-hydrogen) atoms. The molecule has 3 aromatic rings. The van der Waals surface area contributed by atoms with Crippen molar-refractivity contribution in [2.75, 3.05) is 27.3 Å². The number of sulfonamides is 1. The minimum Gasteiger partial charge on any atom is -0.490 e. The number of hydrogen-bond acceptors (Lipinski definition) is 6. The number of benzene rings is 3. The maximum atomic E-state index is 12.6. The Morgan fingerprint density at radius 2 is 1.03 bits per heavy atom. The summed E-state index contributed by atoms with van der Waals surface area (Å²) in [5.74, 6) is 1.04. The van der Waals surface area contributed by atoms with E-state index in [0.29, 0.717) is 11.5 Å². The molecule has 0 unspecified atom stereocenters. The fraction of sp³-hybridized carbons (Fsp3) is 0.182. The molecule has 7 nitrogen and oxygen atoms in total.